The molecule has 220 valence electrons. The SMILES string of the molecule is C=CC(=O)Nc1cc(-c2c(-c3ccc(N4CCN(C)CC4)cc3)[nH]c3ncc(/C(=C/N)C(C)=NC)cc23)cc(F)c1C.[HH].[HH]. The summed E-state index contributed by atoms with van der Waals surface area (Å²) in [5, 5.41) is 3.54. The van der Waals surface area contributed by atoms with Gasteiger partial charge in [0.2, 0.25) is 5.91 Å². The number of piperazine rings is 1. The van der Waals surface area contributed by atoms with Crippen molar-refractivity contribution in [2.24, 2.45) is 10.7 Å². The fraction of sp³-hybridized carbons (Fsp3) is 0.242. The van der Waals surface area contributed by atoms with Crippen molar-refractivity contribution in [3.05, 3.63) is 84.5 Å². The molecule has 3 heterocycles. The van der Waals surface area contributed by atoms with Gasteiger partial charge < -0.3 is 25.8 Å². The second-order valence-corrected chi connectivity index (χ2v) is 10.5. The minimum atomic E-state index is -0.432. The number of likely N-dealkylation sites (N-methyl/N-ethyl adjacent to an activating group) is 1. The van der Waals surface area contributed by atoms with Crippen molar-refractivity contribution in [3.8, 4) is 22.4 Å². The Morgan fingerprint density at radius 2 is 1.88 bits per heavy atom. The van der Waals surface area contributed by atoms with E-state index in [4.69, 9.17) is 10.7 Å². The standard InChI is InChI=1S/C33H36FN7O.2H2/c1-6-30(42)38-29-17-23(16-28(34)20(29)2)31-26-15-24(27(18-35)21(3)36-4)19-37-33(26)39-32(31)22-7-9-25(10-8-22)41-13-11-40(5)12-14-41;;/h6-10,15-19H,1,11-14,35H2,2-5H3,(H,37,39)(H,38,42);2*1H/b27-18+,36-21?;;. The predicted molar refractivity (Wildman–Crippen MR) is 176 cm³/mol. The first kappa shape index (κ1) is 28.8. The van der Waals surface area contributed by atoms with Crippen LogP contribution in [-0.2, 0) is 4.79 Å². The second-order valence-electron chi connectivity index (χ2n) is 10.5. The van der Waals surface area contributed by atoms with Crippen LogP contribution in [0, 0.1) is 12.7 Å². The van der Waals surface area contributed by atoms with Crippen LogP contribution in [0.2, 0.25) is 0 Å². The average Bonchev–Trinajstić information content (AvgIpc) is 3.39. The zero-order valence-corrected chi connectivity index (χ0v) is 24.5. The Morgan fingerprint density at radius 3 is 2.52 bits per heavy atom. The van der Waals surface area contributed by atoms with Gasteiger partial charge >= 0.3 is 0 Å². The van der Waals surface area contributed by atoms with Crippen molar-refractivity contribution >= 4 is 39.6 Å². The van der Waals surface area contributed by atoms with Gasteiger partial charge in [-0.05, 0) is 68.4 Å². The molecule has 1 aliphatic rings. The highest BCUT2D eigenvalue weighted by Crippen LogP contribution is 2.41. The molecule has 2 aromatic heterocycles. The monoisotopic (exact) mass is 569 g/mol. The first-order valence-electron chi connectivity index (χ1n) is 13.9. The molecule has 0 aliphatic carbocycles. The van der Waals surface area contributed by atoms with E-state index in [1.807, 2.05) is 13.0 Å². The van der Waals surface area contributed by atoms with E-state index in [2.05, 4.69) is 63.0 Å². The third-order valence-electron chi connectivity index (χ3n) is 7.95. The number of carbonyl (C=O) groups excluding carboxylic acids is 1. The molecule has 5 rings (SSSR count). The number of hydrogen-bond donors (Lipinski definition) is 3. The topological polar surface area (TPSA) is 103 Å². The Kier molecular flexibility index (Phi) is 8.22. The smallest absolute Gasteiger partial charge is 0.247 e. The number of anilines is 2. The summed E-state index contributed by atoms with van der Waals surface area (Å²) in [5.74, 6) is -0.845. The number of aromatic amines is 1. The third kappa shape index (κ3) is 5.56. The molecule has 0 spiro atoms. The summed E-state index contributed by atoms with van der Waals surface area (Å²) >= 11 is 0. The molecule has 4 N–H and O–H groups in total. The molecule has 8 nitrogen and oxygen atoms in total. The molecule has 1 amide bonds. The third-order valence-corrected chi connectivity index (χ3v) is 7.95. The fourth-order valence-electron chi connectivity index (χ4n) is 5.32. The van der Waals surface area contributed by atoms with Crippen LogP contribution in [0.1, 0.15) is 20.9 Å². The molecule has 1 saturated heterocycles. The highest BCUT2D eigenvalue weighted by molar-refractivity contribution is 6.23. The van der Waals surface area contributed by atoms with Crippen molar-refractivity contribution in [1.29, 1.82) is 0 Å². The number of fused-ring (bicyclic) bond motifs is 1. The van der Waals surface area contributed by atoms with E-state index in [9.17, 15) is 4.79 Å². The molecule has 0 saturated carbocycles. The Morgan fingerprint density at radius 1 is 1.17 bits per heavy atom. The number of carbonyl (C=O) groups is 1. The van der Waals surface area contributed by atoms with E-state index < -0.39 is 11.7 Å². The molecule has 0 bridgehead atoms. The quantitative estimate of drug-likeness (QED) is 0.184. The molecule has 0 radical (unpaired) electrons. The van der Waals surface area contributed by atoms with Crippen LogP contribution in [-0.4, -0.2) is 66.8 Å². The van der Waals surface area contributed by atoms with Crippen molar-refractivity contribution in [1.82, 2.24) is 14.9 Å². The number of nitrogens with one attached hydrogen (secondary N) is 2. The zero-order chi connectivity index (χ0) is 30.0. The van der Waals surface area contributed by atoms with Crippen LogP contribution in [0.4, 0.5) is 15.8 Å². The normalized spacial score (nSPS) is 14.8. The van der Waals surface area contributed by atoms with Crippen LogP contribution in [0.25, 0.3) is 39.0 Å². The Bertz CT molecular complexity index is 1720. The summed E-state index contributed by atoms with van der Waals surface area (Å²) in [6.45, 7) is 11.0. The van der Waals surface area contributed by atoms with E-state index in [-0.39, 0.29) is 2.85 Å². The summed E-state index contributed by atoms with van der Waals surface area (Å²) in [6.07, 6.45) is 4.43. The van der Waals surface area contributed by atoms with Gasteiger partial charge in [-0.15, -0.1) is 0 Å². The first-order chi connectivity index (χ1) is 20.2. The average molecular weight is 570 g/mol. The lowest BCUT2D eigenvalue weighted by Gasteiger charge is -2.34. The van der Waals surface area contributed by atoms with Crippen molar-refractivity contribution < 1.29 is 12.0 Å². The molecule has 4 aromatic rings. The number of allylic oxidation sites excluding steroid dienone is 1. The number of benzene rings is 2. The maximum atomic E-state index is 15.4. The number of halogens is 1. The lowest BCUT2D eigenvalue weighted by Crippen LogP contribution is -2.44. The number of pyridine rings is 1. The van der Waals surface area contributed by atoms with Crippen LogP contribution in [0.5, 0.6) is 0 Å². The number of rotatable bonds is 7. The number of aromatic nitrogens is 2. The van der Waals surface area contributed by atoms with Gasteiger partial charge in [0.25, 0.3) is 0 Å². The molecule has 2 aromatic carbocycles. The van der Waals surface area contributed by atoms with E-state index in [1.54, 1.807) is 26.2 Å². The summed E-state index contributed by atoms with van der Waals surface area (Å²) in [4.78, 5) is 29.4. The van der Waals surface area contributed by atoms with Gasteiger partial charge in [0.15, 0.2) is 0 Å². The predicted octanol–water partition coefficient (Wildman–Crippen LogP) is 6.10. The number of nitrogens with two attached hydrogens (primary N) is 1. The fourth-order valence-corrected chi connectivity index (χ4v) is 5.32. The number of nitrogens with zero attached hydrogens (tertiary/aromatic N) is 4. The van der Waals surface area contributed by atoms with Gasteiger partial charge in [0, 0.05) is 93.2 Å². The summed E-state index contributed by atoms with van der Waals surface area (Å²) in [6, 6.07) is 13.7. The van der Waals surface area contributed by atoms with E-state index >= 15 is 4.39 Å². The van der Waals surface area contributed by atoms with E-state index in [0.717, 1.165) is 77.0 Å². The van der Waals surface area contributed by atoms with Gasteiger partial charge in [-0.25, -0.2) is 9.37 Å². The lowest BCUT2D eigenvalue weighted by molar-refractivity contribution is -0.111. The van der Waals surface area contributed by atoms with Gasteiger partial charge in [-0.2, -0.15) is 0 Å². The highest BCUT2D eigenvalue weighted by atomic mass is 19.1. The minimum absolute atomic E-state index is 0. The number of aliphatic imine (C=N–C) groups is 1. The number of H-pyrrole nitrogens is 1. The largest absolute Gasteiger partial charge is 0.404 e. The number of amides is 1. The molecular formula is C33H40FN7O. The van der Waals surface area contributed by atoms with Crippen molar-refractivity contribution in [2.75, 3.05) is 50.5 Å². The molecule has 42 heavy (non-hydrogen) atoms. The summed E-state index contributed by atoms with van der Waals surface area (Å²) in [5.41, 5.74) is 13.9. The maximum absolute atomic E-state index is 15.4. The second kappa shape index (κ2) is 12.0. The van der Waals surface area contributed by atoms with Crippen molar-refractivity contribution in [2.45, 2.75) is 13.8 Å². The van der Waals surface area contributed by atoms with Gasteiger partial charge in [0.1, 0.15) is 11.5 Å². The Hall–Kier alpha value is -4.76. The Labute approximate surface area is 248 Å². The molecule has 0 unspecified atom stereocenters. The Balaban J connectivity index is 0.00000264. The minimum Gasteiger partial charge on any atom is -0.404 e. The molecular weight excluding hydrogens is 529 g/mol. The maximum Gasteiger partial charge on any atom is 0.247 e. The van der Waals surface area contributed by atoms with Crippen LogP contribution < -0.4 is 16.0 Å². The van der Waals surface area contributed by atoms with Crippen LogP contribution in [0.15, 0.2) is 72.5 Å². The van der Waals surface area contributed by atoms with Crippen molar-refractivity contribution in [3.63, 3.8) is 0 Å². The van der Waals surface area contributed by atoms with E-state index in [0.29, 0.717) is 22.5 Å². The van der Waals surface area contributed by atoms with E-state index in [1.165, 1.54) is 12.3 Å². The molecule has 1 aliphatic heterocycles. The summed E-state index contributed by atoms with van der Waals surface area (Å²) < 4.78 is 15.4. The van der Waals surface area contributed by atoms with Gasteiger partial charge in [0.05, 0.1) is 5.69 Å². The highest BCUT2D eigenvalue weighted by Gasteiger charge is 2.21. The summed E-state index contributed by atoms with van der Waals surface area (Å²) in [7, 11) is 3.85. The number of hydrogen-bond acceptors (Lipinski definition) is 6. The van der Waals surface area contributed by atoms with Gasteiger partial charge in [-0.3, -0.25) is 9.79 Å². The van der Waals surface area contributed by atoms with Gasteiger partial charge in [-0.1, -0.05) is 18.7 Å². The molecule has 0 atom stereocenters. The zero-order valence-electron chi connectivity index (χ0n) is 24.5. The van der Waals surface area contributed by atoms with Crippen LogP contribution in [0.3, 0.4) is 0 Å². The molecule has 1 fully saturated rings. The first-order valence-corrected chi connectivity index (χ1v) is 13.9. The molecule has 9 heteroatoms. The van der Waals surface area contributed by atoms with Crippen LogP contribution >= 0.6 is 0 Å². The lowest BCUT2D eigenvalue weighted by atomic mass is 9.95.